The van der Waals surface area contributed by atoms with Crippen LogP contribution in [-0.2, 0) is 24.2 Å². The first-order valence-electron chi connectivity index (χ1n) is 7.89. The maximum atomic E-state index is 12.0. The lowest BCUT2D eigenvalue weighted by atomic mass is 10.1. The number of carbonyl (C=O) groups excluding carboxylic acids is 1. The molecule has 1 amide bonds. The van der Waals surface area contributed by atoms with Gasteiger partial charge in [0.2, 0.25) is 5.91 Å². The topological polar surface area (TPSA) is 38.3 Å². The van der Waals surface area contributed by atoms with Gasteiger partial charge in [-0.2, -0.15) is 0 Å². The van der Waals surface area contributed by atoms with Crippen molar-refractivity contribution in [3.05, 3.63) is 59.2 Å². The Hall–Kier alpha value is -1.94. The molecular formula is C19H21NO2S. The molecule has 0 saturated heterocycles. The van der Waals surface area contributed by atoms with Gasteiger partial charge in [-0.1, -0.05) is 18.2 Å². The number of amides is 1. The van der Waals surface area contributed by atoms with Crippen LogP contribution in [0.4, 0.5) is 0 Å². The van der Waals surface area contributed by atoms with E-state index in [0.717, 1.165) is 11.3 Å². The second kappa shape index (κ2) is 7.55. The first-order chi connectivity index (χ1) is 11.2. The molecule has 0 saturated carbocycles. The van der Waals surface area contributed by atoms with Crippen LogP contribution in [0.3, 0.4) is 0 Å². The van der Waals surface area contributed by atoms with Crippen molar-refractivity contribution in [3.8, 4) is 5.75 Å². The Balaban J connectivity index is 1.48. The smallest absolute Gasteiger partial charge is 0.230 e. The predicted octanol–water partition coefficient (Wildman–Crippen LogP) is 3.59. The highest BCUT2D eigenvalue weighted by Gasteiger charge is 2.11. The molecule has 1 aliphatic carbocycles. The summed E-state index contributed by atoms with van der Waals surface area (Å²) in [6.45, 7) is 0.529. The number of fused-ring (bicyclic) bond motifs is 1. The molecular weight excluding hydrogens is 306 g/mol. The molecule has 0 radical (unpaired) electrons. The standard InChI is InChI=1S/C19H21NO2S/c1-22-17-7-2-4-14(10-17)12-20-19(21)13-23-18-9-8-15-5-3-6-16(15)11-18/h2,4,7-11H,3,5-6,12-13H2,1H3,(H,20,21). The third-order valence-corrected chi connectivity index (χ3v) is 5.06. The molecule has 120 valence electrons. The fraction of sp³-hybridized carbons (Fsp3) is 0.316. The van der Waals surface area contributed by atoms with Crippen molar-refractivity contribution < 1.29 is 9.53 Å². The van der Waals surface area contributed by atoms with Crippen LogP contribution in [-0.4, -0.2) is 18.8 Å². The van der Waals surface area contributed by atoms with Crippen molar-refractivity contribution in [1.29, 1.82) is 0 Å². The van der Waals surface area contributed by atoms with E-state index in [4.69, 9.17) is 4.74 Å². The summed E-state index contributed by atoms with van der Waals surface area (Å²) in [6, 6.07) is 14.3. The summed E-state index contributed by atoms with van der Waals surface area (Å²) in [4.78, 5) is 13.2. The molecule has 23 heavy (non-hydrogen) atoms. The van der Waals surface area contributed by atoms with Gasteiger partial charge in [0.25, 0.3) is 0 Å². The normalized spacial score (nSPS) is 12.7. The number of carbonyl (C=O) groups is 1. The van der Waals surface area contributed by atoms with Crippen LogP contribution in [0.5, 0.6) is 5.75 Å². The lowest BCUT2D eigenvalue weighted by Crippen LogP contribution is -2.24. The predicted molar refractivity (Wildman–Crippen MR) is 94.0 cm³/mol. The zero-order chi connectivity index (χ0) is 16.1. The van der Waals surface area contributed by atoms with Gasteiger partial charge in [-0.05, 0) is 60.2 Å². The van der Waals surface area contributed by atoms with Crippen LogP contribution in [0.15, 0.2) is 47.4 Å². The number of hydrogen-bond donors (Lipinski definition) is 1. The highest BCUT2D eigenvalue weighted by Crippen LogP contribution is 2.27. The van der Waals surface area contributed by atoms with E-state index in [-0.39, 0.29) is 5.91 Å². The maximum Gasteiger partial charge on any atom is 0.230 e. The van der Waals surface area contributed by atoms with Gasteiger partial charge in [0.1, 0.15) is 5.75 Å². The van der Waals surface area contributed by atoms with Crippen molar-refractivity contribution in [2.24, 2.45) is 0 Å². The van der Waals surface area contributed by atoms with Crippen LogP contribution in [0.1, 0.15) is 23.1 Å². The number of nitrogens with one attached hydrogen (secondary N) is 1. The van der Waals surface area contributed by atoms with Gasteiger partial charge in [0.05, 0.1) is 12.9 Å². The average Bonchev–Trinajstić information content (AvgIpc) is 3.06. The lowest BCUT2D eigenvalue weighted by Gasteiger charge is -2.08. The largest absolute Gasteiger partial charge is 0.497 e. The zero-order valence-corrected chi connectivity index (χ0v) is 14.1. The molecule has 0 heterocycles. The molecule has 0 fully saturated rings. The summed E-state index contributed by atoms with van der Waals surface area (Å²) in [6.07, 6.45) is 3.62. The van der Waals surface area contributed by atoms with Gasteiger partial charge in [0.15, 0.2) is 0 Å². The number of rotatable bonds is 6. The van der Waals surface area contributed by atoms with Crippen LogP contribution >= 0.6 is 11.8 Å². The molecule has 0 spiro atoms. The van der Waals surface area contributed by atoms with E-state index in [9.17, 15) is 4.79 Å². The summed E-state index contributed by atoms with van der Waals surface area (Å²) < 4.78 is 5.19. The molecule has 1 aliphatic rings. The second-order valence-corrected chi connectivity index (χ2v) is 6.75. The summed E-state index contributed by atoms with van der Waals surface area (Å²) in [7, 11) is 1.64. The minimum Gasteiger partial charge on any atom is -0.497 e. The summed E-state index contributed by atoms with van der Waals surface area (Å²) >= 11 is 1.60. The summed E-state index contributed by atoms with van der Waals surface area (Å²) in [5, 5.41) is 2.96. The Morgan fingerprint density at radius 3 is 2.91 bits per heavy atom. The quantitative estimate of drug-likeness (QED) is 0.824. The second-order valence-electron chi connectivity index (χ2n) is 5.70. The van der Waals surface area contributed by atoms with E-state index in [1.807, 2.05) is 24.3 Å². The molecule has 2 aromatic rings. The first-order valence-corrected chi connectivity index (χ1v) is 8.87. The number of thioether (sulfide) groups is 1. The minimum absolute atomic E-state index is 0.0540. The van der Waals surface area contributed by atoms with Crippen LogP contribution in [0, 0.1) is 0 Å². The van der Waals surface area contributed by atoms with Gasteiger partial charge in [0, 0.05) is 11.4 Å². The first kappa shape index (κ1) is 15.9. The average molecular weight is 327 g/mol. The van der Waals surface area contributed by atoms with E-state index in [2.05, 4.69) is 23.5 Å². The van der Waals surface area contributed by atoms with Crippen LogP contribution in [0.25, 0.3) is 0 Å². The van der Waals surface area contributed by atoms with Gasteiger partial charge in [-0.3, -0.25) is 4.79 Å². The van der Waals surface area contributed by atoms with Gasteiger partial charge < -0.3 is 10.1 Å². The molecule has 0 aromatic heterocycles. The molecule has 3 rings (SSSR count). The number of ether oxygens (including phenoxy) is 1. The molecule has 0 unspecified atom stereocenters. The molecule has 1 N–H and O–H groups in total. The highest BCUT2D eigenvalue weighted by atomic mass is 32.2. The minimum atomic E-state index is 0.0540. The third-order valence-electron chi connectivity index (χ3n) is 4.06. The van der Waals surface area contributed by atoms with E-state index >= 15 is 0 Å². The van der Waals surface area contributed by atoms with E-state index in [0.29, 0.717) is 12.3 Å². The molecule has 4 heteroatoms. The Bertz CT molecular complexity index is 700. The Kier molecular flexibility index (Phi) is 5.23. The number of methoxy groups -OCH3 is 1. The Labute approximate surface area is 141 Å². The SMILES string of the molecule is COc1cccc(CNC(=O)CSc2ccc3c(c2)CCC3)c1. The zero-order valence-electron chi connectivity index (χ0n) is 13.3. The van der Waals surface area contributed by atoms with Crippen molar-refractivity contribution in [1.82, 2.24) is 5.32 Å². The van der Waals surface area contributed by atoms with E-state index in [1.54, 1.807) is 18.9 Å². The molecule has 3 nitrogen and oxygen atoms in total. The lowest BCUT2D eigenvalue weighted by molar-refractivity contribution is -0.118. The number of benzene rings is 2. The van der Waals surface area contributed by atoms with Crippen LogP contribution in [0.2, 0.25) is 0 Å². The van der Waals surface area contributed by atoms with Gasteiger partial charge in [-0.25, -0.2) is 0 Å². The molecule has 2 aromatic carbocycles. The van der Waals surface area contributed by atoms with E-state index in [1.165, 1.54) is 35.3 Å². The van der Waals surface area contributed by atoms with Crippen molar-refractivity contribution in [2.75, 3.05) is 12.9 Å². The number of aryl methyl sites for hydroxylation is 2. The fourth-order valence-corrected chi connectivity index (χ4v) is 3.61. The Morgan fingerprint density at radius 2 is 2.04 bits per heavy atom. The third kappa shape index (κ3) is 4.29. The summed E-state index contributed by atoms with van der Waals surface area (Å²) in [5.41, 5.74) is 3.96. The van der Waals surface area contributed by atoms with Crippen LogP contribution < -0.4 is 10.1 Å². The maximum absolute atomic E-state index is 12.0. The fourth-order valence-electron chi connectivity index (χ4n) is 2.82. The Morgan fingerprint density at radius 1 is 1.17 bits per heavy atom. The molecule has 0 atom stereocenters. The number of hydrogen-bond acceptors (Lipinski definition) is 3. The van der Waals surface area contributed by atoms with Crippen molar-refractivity contribution >= 4 is 17.7 Å². The van der Waals surface area contributed by atoms with Gasteiger partial charge in [-0.15, -0.1) is 11.8 Å². The van der Waals surface area contributed by atoms with Crippen molar-refractivity contribution in [2.45, 2.75) is 30.7 Å². The van der Waals surface area contributed by atoms with Crippen molar-refractivity contribution in [3.63, 3.8) is 0 Å². The summed E-state index contributed by atoms with van der Waals surface area (Å²) in [5.74, 6) is 1.31. The highest BCUT2D eigenvalue weighted by molar-refractivity contribution is 8.00. The monoisotopic (exact) mass is 327 g/mol. The van der Waals surface area contributed by atoms with E-state index < -0.39 is 0 Å². The van der Waals surface area contributed by atoms with Gasteiger partial charge >= 0.3 is 0 Å². The molecule has 0 bridgehead atoms. The molecule has 0 aliphatic heterocycles.